The van der Waals surface area contributed by atoms with E-state index in [2.05, 4.69) is 10.2 Å². The van der Waals surface area contributed by atoms with Crippen LogP contribution in [0.2, 0.25) is 5.02 Å². The van der Waals surface area contributed by atoms with Gasteiger partial charge in [-0.25, -0.2) is 9.79 Å². The molecule has 2 aliphatic heterocycles. The number of amidine groups is 1. The number of carbonyl (C=O) groups excluding carboxylic acids is 1. The highest BCUT2D eigenvalue weighted by Crippen LogP contribution is 2.37. The predicted molar refractivity (Wildman–Crippen MR) is 127 cm³/mol. The molecule has 0 saturated carbocycles. The largest absolute Gasteiger partial charge is 0.454 e. The molecule has 2 amide bonds. The molecule has 3 aromatic carbocycles. The third-order valence-corrected chi connectivity index (χ3v) is 5.83. The number of hydrogen-bond donors (Lipinski definition) is 1. The quantitative estimate of drug-likeness (QED) is 0.516. The highest BCUT2D eigenvalue weighted by molar-refractivity contribution is 6.30. The van der Waals surface area contributed by atoms with Gasteiger partial charge in [0.1, 0.15) is 17.3 Å². The summed E-state index contributed by atoms with van der Waals surface area (Å²) in [5.74, 6) is 2.41. The monoisotopic (exact) mass is 446 g/mol. The maximum atomic E-state index is 12.8. The Kier molecular flexibility index (Phi) is 5.69. The van der Waals surface area contributed by atoms with Gasteiger partial charge in [-0.05, 0) is 48.9 Å². The topological polar surface area (TPSA) is 57.2 Å². The van der Waals surface area contributed by atoms with Gasteiger partial charge < -0.3 is 19.9 Å². The normalized spacial score (nSPS) is 15.5. The van der Waals surface area contributed by atoms with Crippen LogP contribution < -0.4 is 10.1 Å². The minimum Gasteiger partial charge on any atom is -0.454 e. The van der Waals surface area contributed by atoms with Crippen molar-refractivity contribution in [3.05, 3.63) is 83.4 Å². The fraction of sp³-hybridized carbons (Fsp3) is 0.200. The highest BCUT2D eigenvalue weighted by atomic mass is 35.5. The molecule has 0 bridgehead atoms. The fourth-order valence-electron chi connectivity index (χ4n) is 4.01. The second kappa shape index (κ2) is 8.93. The predicted octanol–water partition coefficient (Wildman–Crippen LogP) is 5.76. The molecule has 0 spiro atoms. The van der Waals surface area contributed by atoms with Gasteiger partial charge in [0, 0.05) is 36.9 Å². The zero-order chi connectivity index (χ0) is 21.9. The van der Waals surface area contributed by atoms with Crippen molar-refractivity contribution in [1.82, 2.24) is 9.80 Å². The Morgan fingerprint density at radius 2 is 1.72 bits per heavy atom. The van der Waals surface area contributed by atoms with E-state index < -0.39 is 0 Å². The van der Waals surface area contributed by atoms with E-state index in [1.807, 2.05) is 65.6 Å². The van der Waals surface area contributed by atoms with Crippen LogP contribution in [0.15, 0.2) is 77.8 Å². The van der Waals surface area contributed by atoms with Crippen LogP contribution in [0.25, 0.3) is 0 Å². The standard InChI is InChI=1S/C25H23ClN4O2/c26-18-7-5-8-19(17-18)27-25(31)30-14-6-13-29(15-16-30)24-20-9-1-3-11-22(20)32-23-12-4-2-10-21(23)28-24/h1-5,7-12,17H,6,13-16H2,(H,27,31). The van der Waals surface area contributed by atoms with E-state index in [0.29, 0.717) is 30.3 Å². The number of fused-ring (bicyclic) bond motifs is 2. The summed E-state index contributed by atoms with van der Waals surface area (Å²) in [6.45, 7) is 2.75. The van der Waals surface area contributed by atoms with Gasteiger partial charge in [-0.3, -0.25) is 0 Å². The van der Waals surface area contributed by atoms with Crippen LogP contribution in [0, 0.1) is 0 Å². The summed E-state index contributed by atoms with van der Waals surface area (Å²) in [6.07, 6.45) is 0.840. The summed E-state index contributed by atoms with van der Waals surface area (Å²) >= 11 is 6.04. The first-order valence-electron chi connectivity index (χ1n) is 10.7. The first-order valence-corrected chi connectivity index (χ1v) is 11.1. The molecule has 0 radical (unpaired) electrons. The average Bonchev–Trinajstić information content (AvgIpc) is 3.14. The summed E-state index contributed by atoms with van der Waals surface area (Å²) in [6, 6.07) is 22.8. The average molecular weight is 447 g/mol. The number of benzene rings is 3. The summed E-state index contributed by atoms with van der Waals surface area (Å²) < 4.78 is 6.16. The number of amides is 2. The number of aliphatic imine (C=N–C) groups is 1. The maximum absolute atomic E-state index is 12.8. The molecule has 32 heavy (non-hydrogen) atoms. The molecule has 3 aromatic rings. The van der Waals surface area contributed by atoms with E-state index in [1.54, 1.807) is 12.1 Å². The molecule has 0 atom stereocenters. The van der Waals surface area contributed by atoms with Gasteiger partial charge in [0.05, 0.1) is 5.56 Å². The zero-order valence-electron chi connectivity index (χ0n) is 17.5. The number of carbonyl (C=O) groups is 1. The molecule has 1 N–H and O–H groups in total. The highest BCUT2D eigenvalue weighted by Gasteiger charge is 2.26. The molecule has 0 aromatic heterocycles. The molecule has 0 unspecified atom stereocenters. The molecule has 0 aliphatic carbocycles. The molecule has 2 aliphatic rings. The van der Waals surface area contributed by atoms with Crippen LogP contribution in [0.4, 0.5) is 16.2 Å². The lowest BCUT2D eigenvalue weighted by Gasteiger charge is -2.25. The van der Waals surface area contributed by atoms with Gasteiger partial charge in [-0.15, -0.1) is 0 Å². The SMILES string of the molecule is O=C(Nc1cccc(Cl)c1)N1CCCN(C2=Nc3ccccc3Oc3ccccc32)CC1. The fourth-order valence-corrected chi connectivity index (χ4v) is 4.20. The van der Waals surface area contributed by atoms with Gasteiger partial charge in [-0.1, -0.05) is 41.9 Å². The van der Waals surface area contributed by atoms with Crippen molar-refractivity contribution in [3.63, 3.8) is 0 Å². The molecule has 1 saturated heterocycles. The Hall–Kier alpha value is -3.51. The molecule has 6 nitrogen and oxygen atoms in total. The summed E-state index contributed by atoms with van der Waals surface area (Å²) in [4.78, 5) is 21.9. The summed E-state index contributed by atoms with van der Waals surface area (Å²) in [5.41, 5.74) is 2.46. The van der Waals surface area contributed by atoms with Crippen LogP contribution in [0.1, 0.15) is 12.0 Å². The number of rotatable bonds is 1. The van der Waals surface area contributed by atoms with Crippen LogP contribution >= 0.6 is 11.6 Å². The number of urea groups is 1. The number of ether oxygens (including phenoxy) is 1. The third-order valence-electron chi connectivity index (χ3n) is 5.60. The van der Waals surface area contributed by atoms with Crippen molar-refractivity contribution in [1.29, 1.82) is 0 Å². The van der Waals surface area contributed by atoms with Crippen LogP contribution in [0.3, 0.4) is 0 Å². The Morgan fingerprint density at radius 1 is 0.906 bits per heavy atom. The van der Waals surface area contributed by atoms with Gasteiger partial charge in [-0.2, -0.15) is 0 Å². The van der Waals surface area contributed by atoms with Crippen molar-refractivity contribution in [2.24, 2.45) is 4.99 Å². The van der Waals surface area contributed by atoms with Crippen molar-refractivity contribution in [3.8, 4) is 11.5 Å². The Bertz CT molecular complexity index is 1180. The number of para-hydroxylation sites is 3. The Balaban J connectivity index is 1.37. The second-order valence-corrected chi connectivity index (χ2v) is 8.21. The summed E-state index contributed by atoms with van der Waals surface area (Å²) in [7, 11) is 0. The molecule has 2 heterocycles. The van der Waals surface area contributed by atoms with Crippen molar-refractivity contribution >= 4 is 34.8 Å². The van der Waals surface area contributed by atoms with Crippen LogP contribution in [-0.4, -0.2) is 47.8 Å². The lowest BCUT2D eigenvalue weighted by Crippen LogP contribution is -2.39. The number of nitrogens with one attached hydrogen (secondary N) is 1. The van der Waals surface area contributed by atoms with E-state index in [4.69, 9.17) is 21.3 Å². The number of hydrogen-bond acceptors (Lipinski definition) is 4. The van der Waals surface area contributed by atoms with Gasteiger partial charge >= 0.3 is 6.03 Å². The number of anilines is 1. The molecule has 162 valence electrons. The lowest BCUT2D eigenvalue weighted by atomic mass is 10.1. The maximum Gasteiger partial charge on any atom is 0.321 e. The van der Waals surface area contributed by atoms with Crippen molar-refractivity contribution in [2.75, 3.05) is 31.5 Å². The van der Waals surface area contributed by atoms with Crippen LogP contribution in [-0.2, 0) is 0 Å². The second-order valence-electron chi connectivity index (χ2n) is 7.77. The lowest BCUT2D eigenvalue weighted by molar-refractivity contribution is 0.214. The van der Waals surface area contributed by atoms with E-state index in [9.17, 15) is 4.79 Å². The van der Waals surface area contributed by atoms with Crippen molar-refractivity contribution < 1.29 is 9.53 Å². The molecule has 7 heteroatoms. The van der Waals surface area contributed by atoms with Gasteiger partial charge in [0.15, 0.2) is 5.75 Å². The van der Waals surface area contributed by atoms with Crippen molar-refractivity contribution in [2.45, 2.75) is 6.42 Å². The first kappa shape index (κ1) is 20.4. The number of halogens is 1. The van der Waals surface area contributed by atoms with E-state index in [0.717, 1.165) is 41.6 Å². The molecular weight excluding hydrogens is 424 g/mol. The van der Waals surface area contributed by atoms with E-state index in [1.165, 1.54) is 0 Å². The zero-order valence-corrected chi connectivity index (χ0v) is 18.3. The molecular formula is C25H23ClN4O2. The smallest absolute Gasteiger partial charge is 0.321 e. The molecule has 5 rings (SSSR count). The van der Waals surface area contributed by atoms with Gasteiger partial charge in [0.2, 0.25) is 0 Å². The van der Waals surface area contributed by atoms with Gasteiger partial charge in [0.25, 0.3) is 0 Å². The van der Waals surface area contributed by atoms with E-state index >= 15 is 0 Å². The van der Waals surface area contributed by atoms with Crippen LogP contribution in [0.5, 0.6) is 11.5 Å². The Morgan fingerprint density at radius 3 is 2.59 bits per heavy atom. The first-order chi connectivity index (χ1) is 15.7. The molecule has 1 fully saturated rings. The van der Waals surface area contributed by atoms with E-state index in [-0.39, 0.29) is 6.03 Å². The summed E-state index contributed by atoms with van der Waals surface area (Å²) in [5, 5.41) is 3.54. The number of nitrogens with zero attached hydrogens (tertiary/aromatic N) is 3. The minimum absolute atomic E-state index is 0.119. The minimum atomic E-state index is -0.119. The third kappa shape index (κ3) is 4.27. The Labute approximate surface area is 192 Å².